The largest absolute Gasteiger partial charge is 0.0622 e. The van der Waals surface area contributed by atoms with Gasteiger partial charge in [-0.1, -0.05) is 78.9 Å². The summed E-state index contributed by atoms with van der Waals surface area (Å²) in [7, 11) is 0. The lowest BCUT2D eigenvalue weighted by Crippen LogP contribution is -1.82. The van der Waals surface area contributed by atoms with E-state index in [9.17, 15) is 0 Å². The van der Waals surface area contributed by atoms with Crippen molar-refractivity contribution in [2.24, 2.45) is 0 Å². The van der Waals surface area contributed by atoms with Crippen molar-refractivity contribution in [1.29, 1.82) is 0 Å². The second-order valence-corrected chi connectivity index (χ2v) is 5.25. The molecule has 0 amide bonds. The van der Waals surface area contributed by atoms with Crippen LogP contribution in [0.15, 0.2) is 78.9 Å². The number of benzene rings is 3. The highest BCUT2D eigenvalue weighted by Gasteiger charge is 1.92. The van der Waals surface area contributed by atoms with Gasteiger partial charge in [0.2, 0.25) is 0 Å². The summed E-state index contributed by atoms with van der Waals surface area (Å²) >= 11 is 0. The summed E-state index contributed by atoms with van der Waals surface area (Å²) in [6.07, 6.45) is 0. The fourth-order valence-corrected chi connectivity index (χ4v) is 2.16. The summed E-state index contributed by atoms with van der Waals surface area (Å²) in [6.45, 7) is 6.44. The molecule has 0 heteroatoms. The monoisotopic (exact) mass is 274 g/mol. The number of hydrogen-bond donors (Lipinski definition) is 0. The molecule has 0 aliphatic heterocycles. The molecule has 0 nitrogen and oxygen atoms in total. The van der Waals surface area contributed by atoms with Crippen LogP contribution in [0.25, 0.3) is 11.1 Å². The van der Waals surface area contributed by atoms with Crippen LogP contribution in [0.4, 0.5) is 0 Å². The minimum Gasteiger partial charge on any atom is -0.0622 e. The van der Waals surface area contributed by atoms with Crippen LogP contribution in [-0.2, 0) is 0 Å². The molecule has 0 spiro atoms. The Labute approximate surface area is 128 Å². The Morgan fingerprint density at radius 2 is 0.810 bits per heavy atom. The van der Waals surface area contributed by atoms with Crippen LogP contribution in [-0.4, -0.2) is 0 Å². The molecule has 106 valence electrons. The van der Waals surface area contributed by atoms with Crippen LogP contribution < -0.4 is 0 Å². The van der Waals surface area contributed by atoms with E-state index in [4.69, 9.17) is 0 Å². The Morgan fingerprint density at radius 3 is 1.14 bits per heavy atom. The first-order valence-corrected chi connectivity index (χ1v) is 7.32. The molecule has 0 saturated heterocycles. The molecular weight excluding hydrogens is 252 g/mol. The van der Waals surface area contributed by atoms with Gasteiger partial charge in [-0.15, -0.1) is 0 Å². The first-order valence-electron chi connectivity index (χ1n) is 7.32. The molecular formula is C21H22. The molecule has 3 rings (SSSR count). The minimum atomic E-state index is 1.28. The molecule has 0 fully saturated rings. The van der Waals surface area contributed by atoms with Crippen LogP contribution >= 0.6 is 0 Å². The lowest BCUT2D eigenvalue weighted by Gasteiger charge is -2.00. The van der Waals surface area contributed by atoms with Gasteiger partial charge in [0.05, 0.1) is 0 Å². The van der Waals surface area contributed by atoms with Gasteiger partial charge >= 0.3 is 0 Å². The zero-order valence-corrected chi connectivity index (χ0v) is 13.0. The van der Waals surface area contributed by atoms with E-state index < -0.39 is 0 Å². The number of aryl methyl sites for hydroxylation is 2. The van der Waals surface area contributed by atoms with Crippen molar-refractivity contribution in [3.63, 3.8) is 0 Å². The second-order valence-electron chi connectivity index (χ2n) is 5.25. The maximum Gasteiger partial charge on any atom is -0.0184 e. The molecule has 0 bridgehead atoms. The normalized spacial score (nSPS) is 9.67. The van der Waals surface area contributed by atoms with E-state index in [0.717, 1.165) is 0 Å². The topological polar surface area (TPSA) is 0 Å². The van der Waals surface area contributed by atoms with Crippen molar-refractivity contribution in [3.05, 3.63) is 95.6 Å². The van der Waals surface area contributed by atoms with Gasteiger partial charge in [-0.3, -0.25) is 0 Å². The second kappa shape index (κ2) is 7.44. The lowest BCUT2D eigenvalue weighted by atomic mass is 10.1. The van der Waals surface area contributed by atoms with E-state index in [0.29, 0.717) is 0 Å². The predicted molar refractivity (Wildman–Crippen MR) is 92.5 cm³/mol. The van der Waals surface area contributed by atoms with E-state index in [2.05, 4.69) is 87.5 Å². The molecule has 0 aromatic heterocycles. The van der Waals surface area contributed by atoms with Crippen molar-refractivity contribution >= 4 is 0 Å². The summed E-state index contributed by atoms with van der Waals surface area (Å²) in [4.78, 5) is 0. The smallest absolute Gasteiger partial charge is 0.0184 e. The van der Waals surface area contributed by atoms with Crippen LogP contribution in [0.2, 0.25) is 0 Å². The Kier molecular flexibility index (Phi) is 5.34. The Balaban J connectivity index is 0.000000161. The first kappa shape index (κ1) is 15.1. The Morgan fingerprint density at radius 1 is 0.429 bits per heavy atom. The molecule has 0 aliphatic carbocycles. The minimum absolute atomic E-state index is 1.28. The van der Waals surface area contributed by atoms with Crippen LogP contribution in [0, 0.1) is 20.8 Å². The number of hydrogen-bond acceptors (Lipinski definition) is 0. The van der Waals surface area contributed by atoms with Gasteiger partial charge in [-0.05, 0) is 48.6 Å². The molecule has 0 saturated carbocycles. The predicted octanol–water partition coefficient (Wildman–Crippen LogP) is 5.97. The third-order valence-corrected chi connectivity index (χ3v) is 3.76. The van der Waals surface area contributed by atoms with E-state index in [1.165, 1.54) is 27.8 Å². The molecule has 0 heterocycles. The highest BCUT2D eigenvalue weighted by atomic mass is 14.0. The van der Waals surface area contributed by atoms with Gasteiger partial charge in [-0.2, -0.15) is 0 Å². The summed E-state index contributed by atoms with van der Waals surface area (Å²) in [5, 5.41) is 0. The van der Waals surface area contributed by atoms with Crippen LogP contribution in [0.5, 0.6) is 0 Å². The maximum atomic E-state index is 2.16. The zero-order chi connectivity index (χ0) is 15.1. The fraction of sp³-hybridized carbons (Fsp3) is 0.143. The van der Waals surface area contributed by atoms with Crippen molar-refractivity contribution < 1.29 is 0 Å². The van der Waals surface area contributed by atoms with Gasteiger partial charge < -0.3 is 0 Å². The molecule has 0 N–H and O–H groups in total. The fourth-order valence-electron chi connectivity index (χ4n) is 2.16. The molecule has 21 heavy (non-hydrogen) atoms. The molecule has 0 radical (unpaired) electrons. The maximum absolute atomic E-state index is 2.16. The molecule has 0 atom stereocenters. The van der Waals surface area contributed by atoms with E-state index >= 15 is 0 Å². The third-order valence-electron chi connectivity index (χ3n) is 3.76. The van der Waals surface area contributed by atoms with E-state index in [1.807, 2.05) is 12.1 Å². The lowest BCUT2D eigenvalue weighted by molar-refractivity contribution is 1.27. The molecule has 3 aromatic carbocycles. The Hall–Kier alpha value is -2.34. The van der Waals surface area contributed by atoms with E-state index in [1.54, 1.807) is 0 Å². The van der Waals surface area contributed by atoms with Gasteiger partial charge in [0.15, 0.2) is 0 Å². The van der Waals surface area contributed by atoms with Gasteiger partial charge in [-0.25, -0.2) is 0 Å². The van der Waals surface area contributed by atoms with Gasteiger partial charge in [0.25, 0.3) is 0 Å². The average Bonchev–Trinajstić information content (AvgIpc) is 2.55. The highest BCUT2D eigenvalue weighted by Crippen LogP contribution is 2.17. The highest BCUT2D eigenvalue weighted by molar-refractivity contribution is 5.62. The van der Waals surface area contributed by atoms with E-state index in [-0.39, 0.29) is 0 Å². The molecule has 0 aliphatic rings. The standard InChI is InChI=1S/C12H10.C9H12/c1-3-7-11(8-4-1)12-9-5-2-6-10-12;1-7-5-4-6-8(2)9(7)3/h1-10H;4-6H,1-3H3. The third kappa shape index (κ3) is 4.32. The van der Waals surface area contributed by atoms with Crippen molar-refractivity contribution in [2.75, 3.05) is 0 Å². The summed E-state index contributed by atoms with van der Waals surface area (Å²) in [5.74, 6) is 0. The SMILES string of the molecule is Cc1cccc(C)c1C.c1ccc(-c2ccccc2)cc1. The quantitative estimate of drug-likeness (QED) is 0.513. The van der Waals surface area contributed by atoms with Crippen molar-refractivity contribution in [1.82, 2.24) is 0 Å². The van der Waals surface area contributed by atoms with Crippen molar-refractivity contribution in [3.8, 4) is 11.1 Å². The summed E-state index contributed by atoms with van der Waals surface area (Å²) in [5.41, 5.74) is 6.73. The zero-order valence-electron chi connectivity index (χ0n) is 13.0. The molecule has 3 aromatic rings. The van der Waals surface area contributed by atoms with Gasteiger partial charge in [0.1, 0.15) is 0 Å². The number of rotatable bonds is 1. The average molecular weight is 274 g/mol. The van der Waals surface area contributed by atoms with Crippen LogP contribution in [0.3, 0.4) is 0 Å². The molecule has 0 unspecified atom stereocenters. The van der Waals surface area contributed by atoms with Gasteiger partial charge in [0, 0.05) is 0 Å². The summed E-state index contributed by atoms with van der Waals surface area (Å²) < 4.78 is 0. The Bertz CT molecular complexity index is 609. The van der Waals surface area contributed by atoms with Crippen molar-refractivity contribution in [2.45, 2.75) is 20.8 Å². The first-order chi connectivity index (χ1) is 10.2. The van der Waals surface area contributed by atoms with Crippen LogP contribution in [0.1, 0.15) is 16.7 Å². The summed E-state index contributed by atoms with van der Waals surface area (Å²) in [6, 6.07) is 27.2.